The molecule has 6 nitrogen and oxygen atoms in total. The number of piperazine rings is 1. The van der Waals surface area contributed by atoms with Crippen molar-refractivity contribution in [2.75, 3.05) is 26.7 Å². The number of nitrogens with zero attached hydrogens (tertiary/aromatic N) is 2. The van der Waals surface area contributed by atoms with E-state index < -0.39 is 5.41 Å². The number of hydrogen-bond donors (Lipinski definition) is 1. The number of hydrogen-bond acceptors (Lipinski definition) is 6. The standard InChI is InChI=1S/C22H24ClN3O3/c1-22(2,21(27)28-3)19-13-26(11-10-24-19)20-15-6-4-5-7-17(15)29-18-9-8-14(23)12-16(18)25-20/h4-9,12,19,24H,10-11,13H2,1-3H3/t19-/m1/s1. The second-order valence-corrected chi connectivity index (χ2v) is 8.25. The average Bonchev–Trinajstić information content (AvgIpc) is 2.89. The molecule has 2 heterocycles. The van der Waals surface area contributed by atoms with Gasteiger partial charge in [0.25, 0.3) is 0 Å². The van der Waals surface area contributed by atoms with Crippen molar-refractivity contribution in [3.8, 4) is 11.5 Å². The number of carbonyl (C=O) groups excluding carboxylic acids is 1. The Morgan fingerprint density at radius 1 is 1.28 bits per heavy atom. The molecule has 152 valence electrons. The highest BCUT2D eigenvalue weighted by molar-refractivity contribution is 6.31. The molecule has 0 bridgehead atoms. The number of aliphatic imine (C=N–C) groups is 1. The molecular weight excluding hydrogens is 390 g/mol. The van der Waals surface area contributed by atoms with E-state index in [1.54, 1.807) is 12.1 Å². The van der Waals surface area contributed by atoms with Crippen molar-refractivity contribution >= 4 is 29.1 Å². The van der Waals surface area contributed by atoms with Crippen LogP contribution >= 0.6 is 11.6 Å². The molecule has 1 saturated heterocycles. The highest BCUT2D eigenvalue weighted by Gasteiger charge is 2.41. The number of carbonyl (C=O) groups is 1. The summed E-state index contributed by atoms with van der Waals surface area (Å²) in [5, 5.41) is 4.06. The van der Waals surface area contributed by atoms with Crippen molar-refractivity contribution in [2.45, 2.75) is 19.9 Å². The van der Waals surface area contributed by atoms with E-state index in [9.17, 15) is 4.79 Å². The summed E-state index contributed by atoms with van der Waals surface area (Å²) in [5.74, 6) is 1.99. The van der Waals surface area contributed by atoms with Gasteiger partial charge in [0.05, 0.1) is 18.1 Å². The number of methoxy groups -OCH3 is 1. The van der Waals surface area contributed by atoms with E-state index in [0.717, 1.165) is 30.2 Å². The lowest BCUT2D eigenvalue weighted by molar-refractivity contribution is -0.153. The maximum Gasteiger partial charge on any atom is 0.312 e. The molecule has 2 aliphatic heterocycles. The summed E-state index contributed by atoms with van der Waals surface area (Å²) in [6.45, 7) is 5.92. The molecule has 2 aromatic rings. The fourth-order valence-electron chi connectivity index (χ4n) is 3.77. The van der Waals surface area contributed by atoms with Gasteiger partial charge in [-0.15, -0.1) is 0 Å². The molecule has 2 aliphatic rings. The van der Waals surface area contributed by atoms with Crippen LogP contribution in [-0.4, -0.2) is 49.5 Å². The van der Waals surface area contributed by atoms with Gasteiger partial charge in [-0.05, 0) is 44.2 Å². The first-order valence-corrected chi connectivity index (χ1v) is 10.00. The van der Waals surface area contributed by atoms with Crippen LogP contribution in [0.15, 0.2) is 47.5 Å². The number of para-hydroxylation sites is 1. The van der Waals surface area contributed by atoms with E-state index in [1.165, 1.54) is 7.11 Å². The van der Waals surface area contributed by atoms with Crippen LogP contribution in [0.25, 0.3) is 0 Å². The van der Waals surface area contributed by atoms with Gasteiger partial charge in [-0.3, -0.25) is 4.79 Å². The number of ether oxygens (including phenoxy) is 2. The lowest BCUT2D eigenvalue weighted by Gasteiger charge is -2.41. The predicted molar refractivity (Wildman–Crippen MR) is 113 cm³/mol. The molecule has 0 aromatic heterocycles. The summed E-state index contributed by atoms with van der Waals surface area (Å²) in [6, 6.07) is 13.2. The van der Waals surface area contributed by atoms with Gasteiger partial charge in [-0.1, -0.05) is 23.7 Å². The van der Waals surface area contributed by atoms with Gasteiger partial charge in [-0.25, -0.2) is 4.99 Å². The number of amidine groups is 1. The van der Waals surface area contributed by atoms with E-state index in [2.05, 4.69) is 10.2 Å². The van der Waals surface area contributed by atoms with Crippen LogP contribution in [0, 0.1) is 5.41 Å². The zero-order chi connectivity index (χ0) is 20.6. The first-order valence-electron chi connectivity index (χ1n) is 9.62. The number of rotatable bonds is 2. The van der Waals surface area contributed by atoms with Crippen LogP contribution < -0.4 is 10.1 Å². The highest BCUT2D eigenvalue weighted by atomic mass is 35.5. The Labute approximate surface area is 175 Å². The Bertz CT molecular complexity index is 974. The van der Waals surface area contributed by atoms with Gasteiger partial charge in [0.2, 0.25) is 0 Å². The van der Waals surface area contributed by atoms with Gasteiger partial charge in [0.15, 0.2) is 5.75 Å². The smallest absolute Gasteiger partial charge is 0.312 e. The van der Waals surface area contributed by atoms with Crippen LogP contribution in [0.3, 0.4) is 0 Å². The Balaban J connectivity index is 1.75. The van der Waals surface area contributed by atoms with Crippen LogP contribution in [-0.2, 0) is 9.53 Å². The van der Waals surface area contributed by atoms with Crippen LogP contribution in [0.1, 0.15) is 19.4 Å². The normalized spacial score (nSPS) is 18.7. The third-order valence-corrected chi connectivity index (χ3v) is 5.79. The van der Waals surface area contributed by atoms with Crippen molar-refractivity contribution in [1.82, 2.24) is 10.2 Å². The molecule has 0 saturated carbocycles. The Morgan fingerprint density at radius 2 is 2.07 bits per heavy atom. The third kappa shape index (κ3) is 3.70. The quantitative estimate of drug-likeness (QED) is 0.754. The molecule has 0 spiro atoms. The summed E-state index contributed by atoms with van der Waals surface area (Å²) < 4.78 is 11.2. The number of fused-ring (bicyclic) bond motifs is 2. The largest absolute Gasteiger partial charge is 0.469 e. The Morgan fingerprint density at radius 3 is 2.86 bits per heavy atom. The number of halogens is 1. The van der Waals surface area contributed by atoms with E-state index >= 15 is 0 Å². The van der Waals surface area contributed by atoms with E-state index in [0.29, 0.717) is 23.0 Å². The first kappa shape index (κ1) is 19.7. The number of esters is 1. The van der Waals surface area contributed by atoms with Crippen LogP contribution in [0.2, 0.25) is 5.02 Å². The minimum atomic E-state index is -0.671. The fraction of sp³-hybridized carbons (Fsp3) is 0.364. The lowest BCUT2D eigenvalue weighted by Crippen LogP contribution is -2.60. The van der Waals surface area contributed by atoms with Gasteiger partial charge < -0.3 is 19.7 Å². The van der Waals surface area contributed by atoms with Crippen LogP contribution in [0.4, 0.5) is 5.69 Å². The highest BCUT2D eigenvalue weighted by Crippen LogP contribution is 2.39. The zero-order valence-corrected chi connectivity index (χ0v) is 17.5. The van der Waals surface area contributed by atoms with Crippen molar-refractivity contribution in [3.63, 3.8) is 0 Å². The van der Waals surface area contributed by atoms with Crippen molar-refractivity contribution in [2.24, 2.45) is 10.4 Å². The van der Waals surface area contributed by atoms with Gasteiger partial charge in [0.1, 0.15) is 17.3 Å². The van der Waals surface area contributed by atoms with Gasteiger partial charge in [0, 0.05) is 30.7 Å². The van der Waals surface area contributed by atoms with Gasteiger partial charge in [-0.2, -0.15) is 0 Å². The molecule has 1 N–H and O–H groups in total. The molecule has 0 amide bonds. The minimum absolute atomic E-state index is 0.0819. The lowest BCUT2D eigenvalue weighted by atomic mass is 9.83. The molecule has 1 atom stereocenters. The number of nitrogens with one attached hydrogen (secondary N) is 1. The summed E-state index contributed by atoms with van der Waals surface area (Å²) in [5.41, 5.74) is 0.929. The topological polar surface area (TPSA) is 63.2 Å². The second-order valence-electron chi connectivity index (χ2n) is 7.81. The minimum Gasteiger partial charge on any atom is -0.469 e. The zero-order valence-electron chi connectivity index (χ0n) is 16.7. The molecule has 29 heavy (non-hydrogen) atoms. The Kier molecular flexibility index (Phi) is 5.23. The third-order valence-electron chi connectivity index (χ3n) is 5.55. The van der Waals surface area contributed by atoms with E-state index in [-0.39, 0.29) is 12.0 Å². The van der Waals surface area contributed by atoms with Crippen molar-refractivity contribution in [1.29, 1.82) is 0 Å². The SMILES string of the molecule is COC(=O)C(C)(C)[C@H]1CN(C2=Nc3cc(Cl)ccc3Oc3ccccc32)CCN1. The Hall–Kier alpha value is -2.57. The summed E-state index contributed by atoms with van der Waals surface area (Å²) in [7, 11) is 1.42. The summed E-state index contributed by atoms with van der Waals surface area (Å²) in [4.78, 5) is 19.5. The molecule has 4 rings (SSSR count). The molecule has 0 unspecified atom stereocenters. The summed E-state index contributed by atoms with van der Waals surface area (Å²) >= 11 is 6.21. The van der Waals surface area contributed by atoms with E-state index in [1.807, 2.05) is 44.2 Å². The van der Waals surface area contributed by atoms with Crippen LogP contribution in [0.5, 0.6) is 11.5 Å². The predicted octanol–water partition coefficient (Wildman–Crippen LogP) is 4.00. The maximum atomic E-state index is 12.3. The second kappa shape index (κ2) is 7.69. The molecule has 7 heteroatoms. The fourth-order valence-corrected chi connectivity index (χ4v) is 3.94. The number of benzene rings is 2. The molecule has 0 aliphatic carbocycles. The molecule has 0 radical (unpaired) electrons. The summed E-state index contributed by atoms with van der Waals surface area (Å²) in [6.07, 6.45) is 0. The van der Waals surface area contributed by atoms with Crippen molar-refractivity contribution < 1.29 is 14.3 Å². The molecular formula is C22H24ClN3O3. The van der Waals surface area contributed by atoms with Crippen molar-refractivity contribution in [3.05, 3.63) is 53.1 Å². The van der Waals surface area contributed by atoms with E-state index in [4.69, 9.17) is 26.1 Å². The molecule has 2 aromatic carbocycles. The monoisotopic (exact) mass is 413 g/mol. The van der Waals surface area contributed by atoms with Gasteiger partial charge >= 0.3 is 5.97 Å². The maximum absolute atomic E-state index is 12.3. The first-order chi connectivity index (χ1) is 13.9. The molecule has 1 fully saturated rings. The average molecular weight is 414 g/mol.